The minimum Gasteiger partial charge on any atom is -0.444 e. The lowest BCUT2D eigenvalue weighted by molar-refractivity contribution is 0.0290. The van der Waals surface area contributed by atoms with Gasteiger partial charge in [-0.2, -0.15) is 0 Å². The number of amides is 1. The van der Waals surface area contributed by atoms with Crippen molar-refractivity contribution in [3.63, 3.8) is 0 Å². The van der Waals surface area contributed by atoms with Crippen LogP contribution in [0.3, 0.4) is 0 Å². The van der Waals surface area contributed by atoms with Gasteiger partial charge in [-0.05, 0) is 51.7 Å². The zero-order chi connectivity index (χ0) is 15.9. The lowest BCUT2D eigenvalue weighted by atomic mass is 10.1. The van der Waals surface area contributed by atoms with Gasteiger partial charge in [0.15, 0.2) is 0 Å². The summed E-state index contributed by atoms with van der Waals surface area (Å²) in [6, 6.07) is 2.80. The minimum atomic E-state index is -0.434. The Morgan fingerprint density at radius 2 is 2.23 bits per heavy atom. The summed E-state index contributed by atoms with van der Waals surface area (Å²) < 4.78 is 6.32. The standard InChI is InChI=1S/C16H23ClN2O2S/c1-16(2,3)21-15(20)19-7-6-10(9-19)18-12-4-5-13-11(12)8-14(17)22-13/h8,10,12,18H,4-7,9H2,1-3H3. The molecule has 2 atom stereocenters. The predicted molar refractivity (Wildman–Crippen MR) is 89.7 cm³/mol. The highest BCUT2D eigenvalue weighted by atomic mass is 35.5. The number of carbonyl (C=O) groups is 1. The molecule has 122 valence electrons. The molecule has 1 saturated heterocycles. The van der Waals surface area contributed by atoms with Gasteiger partial charge in [-0.25, -0.2) is 4.79 Å². The van der Waals surface area contributed by atoms with Gasteiger partial charge < -0.3 is 15.0 Å². The average Bonchev–Trinajstić information content (AvgIpc) is 3.05. The number of hydrogen-bond acceptors (Lipinski definition) is 4. The summed E-state index contributed by atoms with van der Waals surface area (Å²) in [5.74, 6) is 0. The van der Waals surface area contributed by atoms with Crippen LogP contribution < -0.4 is 5.32 Å². The van der Waals surface area contributed by atoms with Gasteiger partial charge in [0.1, 0.15) is 5.60 Å². The van der Waals surface area contributed by atoms with E-state index in [9.17, 15) is 4.79 Å². The highest BCUT2D eigenvalue weighted by Crippen LogP contribution is 2.39. The number of nitrogens with one attached hydrogen (secondary N) is 1. The molecule has 0 aromatic carbocycles. The van der Waals surface area contributed by atoms with Gasteiger partial charge in [-0.1, -0.05) is 11.6 Å². The third-order valence-corrected chi connectivity index (χ3v) is 5.46. The molecule has 2 aliphatic rings. The molecule has 3 rings (SSSR count). The molecule has 1 aliphatic heterocycles. The number of halogens is 1. The van der Waals surface area contributed by atoms with Crippen LogP contribution in [0.5, 0.6) is 0 Å². The maximum absolute atomic E-state index is 12.1. The summed E-state index contributed by atoms with van der Waals surface area (Å²) in [5, 5.41) is 3.69. The summed E-state index contributed by atoms with van der Waals surface area (Å²) in [4.78, 5) is 15.3. The van der Waals surface area contributed by atoms with Gasteiger partial charge in [-0.3, -0.25) is 0 Å². The second-order valence-corrected chi connectivity index (χ2v) is 8.87. The number of thiophene rings is 1. The summed E-state index contributed by atoms with van der Waals surface area (Å²) in [6.07, 6.45) is 3.00. The molecule has 6 heteroatoms. The van der Waals surface area contributed by atoms with E-state index in [0.29, 0.717) is 12.1 Å². The molecule has 0 spiro atoms. The molecular formula is C16H23ClN2O2S. The zero-order valence-corrected chi connectivity index (χ0v) is 14.9. The van der Waals surface area contributed by atoms with Crippen molar-refractivity contribution in [2.75, 3.05) is 13.1 Å². The van der Waals surface area contributed by atoms with Crippen LogP contribution in [0.1, 0.15) is 50.1 Å². The second kappa shape index (κ2) is 6.02. The largest absolute Gasteiger partial charge is 0.444 e. The lowest BCUT2D eigenvalue weighted by Gasteiger charge is -2.25. The molecule has 0 radical (unpaired) electrons. The molecule has 1 aromatic rings. The first kappa shape index (κ1) is 16.1. The van der Waals surface area contributed by atoms with Crippen LogP contribution in [0, 0.1) is 0 Å². The van der Waals surface area contributed by atoms with Crippen molar-refractivity contribution >= 4 is 29.0 Å². The summed E-state index contributed by atoms with van der Waals surface area (Å²) in [5.41, 5.74) is 0.918. The maximum Gasteiger partial charge on any atom is 0.410 e. The van der Waals surface area contributed by atoms with Crippen molar-refractivity contribution in [2.45, 2.75) is 57.7 Å². The number of hydrogen-bond donors (Lipinski definition) is 1. The van der Waals surface area contributed by atoms with E-state index in [1.165, 1.54) is 10.4 Å². The van der Waals surface area contributed by atoms with Crippen molar-refractivity contribution in [3.05, 3.63) is 20.8 Å². The van der Waals surface area contributed by atoms with E-state index in [0.717, 1.165) is 36.7 Å². The lowest BCUT2D eigenvalue weighted by Crippen LogP contribution is -2.39. The van der Waals surface area contributed by atoms with Crippen molar-refractivity contribution in [2.24, 2.45) is 0 Å². The molecule has 4 nitrogen and oxygen atoms in total. The first-order valence-corrected chi connectivity index (χ1v) is 9.03. The Morgan fingerprint density at radius 3 is 2.95 bits per heavy atom. The molecular weight excluding hydrogens is 320 g/mol. The zero-order valence-electron chi connectivity index (χ0n) is 13.3. The maximum atomic E-state index is 12.1. The van der Waals surface area contributed by atoms with E-state index >= 15 is 0 Å². The molecule has 1 N–H and O–H groups in total. The first-order chi connectivity index (χ1) is 10.3. The number of carbonyl (C=O) groups excluding carboxylic acids is 1. The molecule has 0 saturated carbocycles. The van der Waals surface area contributed by atoms with Crippen LogP contribution in [0.15, 0.2) is 6.07 Å². The van der Waals surface area contributed by atoms with Gasteiger partial charge in [0, 0.05) is 30.1 Å². The average molecular weight is 343 g/mol. The second-order valence-electron chi connectivity index (χ2n) is 7.10. The Balaban J connectivity index is 1.55. The topological polar surface area (TPSA) is 41.6 Å². The SMILES string of the molecule is CC(C)(C)OC(=O)N1CCC(NC2CCc3sc(Cl)cc32)C1. The molecule has 2 heterocycles. The summed E-state index contributed by atoms with van der Waals surface area (Å²) in [7, 11) is 0. The van der Waals surface area contributed by atoms with Gasteiger partial charge in [0.25, 0.3) is 0 Å². The van der Waals surface area contributed by atoms with E-state index in [1.54, 1.807) is 16.2 Å². The van der Waals surface area contributed by atoms with Crippen LogP contribution >= 0.6 is 22.9 Å². The van der Waals surface area contributed by atoms with E-state index in [1.807, 2.05) is 20.8 Å². The van der Waals surface area contributed by atoms with Crippen molar-refractivity contribution < 1.29 is 9.53 Å². The minimum absolute atomic E-state index is 0.206. The highest BCUT2D eigenvalue weighted by molar-refractivity contribution is 7.16. The van der Waals surface area contributed by atoms with E-state index < -0.39 is 5.60 Å². The number of likely N-dealkylation sites (tertiary alicyclic amines) is 1. The van der Waals surface area contributed by atoms with Crippen LogP contribution in [0.4, 0.5) is 4.79 Å². The Hall–Kier alpha value is -0.780. The number of ether oxygens (including phenoxy) is 1. The summed E-state index contributed by atoms with van der Waals surface area (Å²) >= 11 is 7.80. The number of aryl methyl sites for hydroxylation is 1. The quantitative estimate of drug-likeness (QED) is 0.883. The van der Waals surface area contributed by atoms with Crippen LogP contribution in [0.2, 0.25) is 4.34 Å². The fraction of sp³-hybridized carbons (Fsp3) is 0.688. The Kier molecular flexibility index (Phi) is 4.40. The normalized spacial score (nSPS) is 24.6. The predicted octanol–water partition coefficient (Wildman–Crippen LogP) is 3.99. The molecule has 1 amide bonds. The Bertz CT molecular complexity index is 567. The first-order valence-electron chi connectivity index (χ1n) is 7.84. The molecule has 1 aromatic heterocycles. The van der Waals surface area contributed by atoms with Gasteiger partial charge in [-0.15, -0.1) is 11.3 Å². The fourth-order valence-electron chi connectivity index (χ4n) is 3.18. The van der Waals surface area contributed by atoms with Gasteiger partial charge >= 0.3 is 6.09 Å². The smallest absolute Gasteiger partial charge is 0.410 e. The Labute approximate surface area is 140 Å². The van der Waals surface area contributed by atoms with E-state index in [-0.39, 0.29) is 6.09 Å². The monoisotopic (exact) mass is 342 g/mol. The highest BCUT2D eigenvalue weighted by Gasteiger charge is 2.33. The third-order valence-electron chi connectivity index (χ3n) is 4.12. The molecule has 22 heavy (non-hydrogen) atoms. The molecule has 2 unspecified atom stereocenters. The number of nitrogens with zero attached hydrogens (tertiary/aromatic N) is 1. The number of fused-ring (bicyclic) bond motifs is 1. The van der Waals surface area contributed by atoms with E-state index in [2.05, 4.69) is 11.4 Å². The summed E-state index contributed by atoms with van der Waals surface area (Å²) in [6.45, 7) is 7.18. The molecule has 1 fully saturated rings. The van der Waals surface area contributed by atoms with Crippen molar-refractivity contribution in [1.82, 2.24) is 10.2 Å². The van der Waals surface area contributed by atoms with Crippen LogP contribution in [0.25, 0.3) is 0 Å². The van der Waals surface area contributed by atoms with Gasteiger partial charge in [0.05, 0.1) is 4.34 Å². The van der Waals surface area contributed by atoms with Crippen LogP contribution in [-0.2, 0) is 11.2 Å². The van der Waals surface area contributed by atoms with Gasteiger partial charge in [0.2, 0.25) is 0 Å². The van der Waals surface area contributed by atoms with Crippen LogP contribution in [-0.4, -0.2) is 35.7 Å². The third kappa shape index (κ3) is 3.58. The molecule has 0 bridgehead atoms. The number of rotatable bonds is 2. The van der Waals surface area contributed by atoms with Crippen molar-refractivity contribution in [3.8, 4) is 0 Å². The fourth-order valence-corrected chi connectivity index (χ4v) is 4.53. The molecule has 1 aliphatic carbocycles. The van der Waals surface area contributed by atoms with Crippen molar-refractivity contribution in [1.29, 1.82) is 0 Å². The Morgan fingerprint density at radius 1 is 1.45 bits per heavy atom. The van der Waals surface area contributed by atoms with E-state index in [4.69, 9.17) is 16.3 Å².